The highest BCUT2D eigenvalue weighted by Crippen LogP contribution is 2.11. The van der Waals surface area contributed by atoms with Crippen molar-refractivity contribution in [2.45, 2.75) is 6.54 Å². The lowest BCUT2D eigenvalue weighted by atomic mass is 10.6. The maximum Gasteiger partial charge on any atom is 0.196 e. The van der Waals surface area contributed by atoms with Crippen LogP contribution in [-0.4, -0.2) is 23.8 Å². The van der Waals surface area contributed by atoms with Gasteiger partial charge in [0.25, 0.3) is 0 Å². The van der Waals surface area contributed by atoms with Crippen molar-refractivity contribution in [1.29, 1.82) is 0 Å². The zero-order chi connectivity index (χ0) is 8.27. The number of thiazole rings is 1. The van der Waals surface area contributed by atoms with E-state index in [-0.39, 0.29) is 5.13 Å². The van der Waals surface area contributed by atoms with E-state index in [0.29, 0.717) is 11.6 Å². The summed E-state index contributed by atoms with van der Waals surface area (Å²) >= 11 is 1.02. The summed E-state index contributed by atoms with van der Waals surface area (Å²) in [5, 5.41) is 5.66. The molecule has 0 aromatic carbocycles. The molecule has 0 bridgehead atoms. The van der Waals surface area contributed by atoms with Crippen LogP contribution < -0.4 is 0 Å². The molecular formula is C6H8FN3S. The first kappa shape index (κ1) is 8.13. The lowest BCUT2D eigenvalue weighted by Gasteiger charge is -2.07. The van der Waals surface area contributed by atoms with Crippen LogP contribution in [0.3, 0.4) is 0 Å². The molecule has 0 atom stereocenters. The summed E-state index contributed by atoms with van der Waals surface area (Å²) in [5.74, 6) is 0. The standard InChI is InChI=1S/C6H8FN3S/c1-8-10(2)4-6-9-3-5(7)11-6/h3H,1,4H2,2H3. The topological polar surface area (TPSA) is 28.5 Å². The maximum absolute atomic E-state index is 12.4. The monoisotopic (exact) mass is 173 g/mol. The van der Waals surface area contributed by atoms with Crippen molar-refractivity contribution in [3.8, 4) is 0 Å². The van der Waals surface area contributed by atoms with E-state index in [0.717, 1.165) is 11.3 Å². The molecule has 1 rings (SSSR count). The molecule has 0 saturated carbocycles. The van der Waals surface area contributed by atoms with Crippen molar-refractivity contribution in [3.05, 3.63) is 16.3 Å². The van der Waals surface area contributed by atoms with Crippen LogP contribution in [0.25, 0.3) is 0 Å². The first-order valence-electron chi connectivity index (χ1n) is 3.00. The first-order chi connectivity index (χ1) is 5.22. The van der Waals surface area contributed by atoms with Crippen LogP contribution in [0.5, 0.6) is 0 Å². The molecule has 5 heteroatoms. The second-order valence-corrected chi connectivity index (χ2v) is 3.08. The SMILES string of the molecule is C=NN(C)Cc1ncc(F)s1. The van der Waals surface area contributed by atoms with Crippen molar-refractivity contribution in [1.82, 2.24) is 9.99 Å². The lowest BCUT2D eigenvalue weighted by molar-refractivity contribution is 0.349. The molecule has 0 aliphatic rings. The average molecular weight is 173 g/mol. The van der Waals surface area contributed by atoms with E-state index in [1.807, 2.05) is 0 Å². The first-order valence-corrected chi connectivity index (χ1v) is 3.82. The molecule has 0 radical (unpaired) electrons. The summed E-state index contributed by atoms with van der Waals surface area (Å²) < 4.78 is 12.4. The third-order valence-corrected chi connectivity index (χ3v) is 1.90. The number of nitrogens with zero attached hydrogens (tertiary/aromatic N) is 3. The molecule has 0 aliphatic carbocycles. The summed E-state index contributed by atoms with van der Waals surface area (Å²) in [6.07, 6.45) is 1.21. The number of hydrogen-bond donors (Lipinski definition) is 0. The van der Waals surface area contributed by atoms with E-state index in [2.05, 4.69) is 16.8 Å². The highest BCUT2D eigenvalue weighted by molar-refractivity contribution is 7.09. The molecule has 60 valence electrons. The maximum atomic E-state index is 12.4. The van der Waals surface area contributed by atoms with Gasteiger partial charge in [-0.2, -0.15) is 9.49 Å². The molecule has 3 nitrogen and oxygen atoms in total. The molecule has 0 fully saturated rings. The van der Waals surface area contributed by atoms with Gasteiger partial charge in [-0.25, -0.2) is 4.98 Å². The van der Waals surface area contributed by atoms with Crippen LogP contribution in [0.15, 0.2) is 11.3 Å². The quantitative estimate of drug-likeness (QED) is 0.509. The number of halogens is 1. The smallest absolute Gasteiger partial charge is 0.196 e. The molecule has 0 saturated heterocycles. The Hall–Kier alpha value is -0.970. The minimum Gasteiger partial charge on any atom is -0.294 e. The van der Waals surface area contributed by atoms with Crippen molar-refractivity contribution >= 4 is 18.1 Å². The highest BCUT2D eigenvalue weighted by atomic mass is 32.1. The molecule has 1 aromatic heterocycles. The Morgan fingerprint density at radius 1 is 1.91 bits per heavy atom. The van der Waals surface area contributed by atoms with Gasteiger partial charge in [-0.15, -0.1) is 0 Å². The number of hydrogen-bond acceptors (Lipinski definition) is 4. The summed E-state index contributed by atoms with van der Waals surface area (Å²) in [5.41, 5.74) is 0. The van der Waals surface area contributed by atoms with Crippen molar-refractivity contribution in [2.75, 3.05) is 7.05 Å². The van der Waals surface area contributed by atoms with Gasteiger partial charge in [-0.05, 0) is 0 Å². The van der Waals surface area contributed by atoms with Gasteiger partial charge in [-0.3, -0.25) is 5.01 Å². The van der Waals surface area contributed by atoms with Gasteiger partial charge in [0.05, 0.1) is 12.7 Å². The van der Waals surface area contributed by atoms with E-state index in [1.165, 1.54) is 6.20 Å². The lowest BCUT2D eigenvalue weighted by Crippen LogP contribution is -2.08. The molecule has 11 heavy (non-hydrogen) atoms. The van der Waals surface area contributed by atoms with E-state index in [9.17, 15) is 4.39 Å². The molecule has 0 N–H and O–H groups in total. The summed E-state index contributed by atoms with van der Waals surface area (Å²) in [7, 11) is 1.76. The number of hydrazone groups is 1. The minimum atomic E-state index is -0.266. The third kappa shape index (κ3) is 2.27. The summed E-state index contributed by atoms with van der Waals surface area (Å²) in [6.45, 7) is 3.83. The molecule has 0 aliphatic heterocycles. The summed E-state index contributed by atoms with van der Waals surface area (Å²) in [6, 6.07) is 0. The van der Waals surface area contributed by atoms with Crippen molar-refractivity contribution in [2.24, 2.45) is 5.10 Å². The number of rotatable bonds is 3. The van der Waals surface area contributed by atoms with Crippen LogP contribution in [0.1, 0.15) is 5.01 Å². The second kappa shape index (κ2) is 3.43. The Kier molecular flexibility index (Phi) is 2.53. The van der Waals surface area contributed by atoms with E-state index in [1.54, 1.807) is 12.1 Å². The fraction of sp³-hybridized carbons (Fsp3) is 0.333. The Labute approximate surface area is 68.2 Å². The fourth-order valence-electron chi connectivity index (χ4n) is 0.607. The predicted octanol–water partition coefficient (Wildman–Crippen LogP) is 1.33. The van der Waals surface area contributed by atoms with Crippen LogP contribution in [-0.2, 0) is 6.54 Å². The Morgan fingerprint density at radius 2 is 2.64 bits per heavy atom. The minimum absolute atomic E-state index is 0.266. The van der Waals surface area contributed by atoms with Crippen LogP contribution in [0.4, 0.5) is 4.39 Å². The Balaban J connectivity index is 2.57. The molecule has 0 spiro atoms. The van der Waals surface area contributed by atoms with Crippen LogP contribution in [0, 0.1) is 5.13 Å². The van der Waals surface area contributed by atoms with E-state index < -0.39 is 0 Å². The van der Waals surface area contributed by atoms with Gasteiger partial charge in [0.1, 0.15) is 5.01 Å². The second-order valence-electron chi connectivity index (χ2n) is 2.02. The van der Waals surface area contributed by atoms with Crippen molar-refractivity contribution in [3.63, 3.8) is 0 Å². The predicted molar refractivity (Wildman–Crippen MR) is 43.1 cm³/mol. The fourth-order valence-corrected chi connectivity index (χ4v) is 1.29. The third-order valence-electron chi connectivity index (χ3n) is 1.13. The summed E-state index contributed by atoms with van der Waals surface area (Å²) in [4.78, 5) is 3.82. The van der Waals surface area contributed by atoms with Gasteiger partial charge in [-0.1, -0.05) is 11.3 Å². The zero-order valence-corrected chi connectivity index (χ0v) is 6.94. The van der Waals surface area contributed by atoms with Gasteiger partial charge >= 0.3 is 0 Å². The molecule has 1 heterocycles. The Bertz CT molecular complexity index is 248. The van der Waals surface area contributed by atoms with Gasteiger partial charge in [0.15, 0.2) is 5.13 Å². The number of aromatic nitrogens is 1. The zero-order valence-electron chi connectivity index (χ0n) is 6.12. The van der Waals surface area contributed by atoms with Crippen molar-refractivity contribution < 1.29 is 4.39 Å². The van der Waals surface area contributed by atoms with Crippen LogP contribution >= 0.6 is 11.3 Å². The molecular weight excluding hydrogens is 165 g/mol. The largest absolute Gasteiger partial charge is 0.294 e. The van der Waals surface area contributed by atoms with Gasteiger partial charge in [0.2, 0.25) is 0 Å². The van der Waals surface area contributed by atoms with E-state index in [4.69, 9.17) is 0 Å². The highest BCUT2D eigenvalue weighted by Gasteiger charge is 2.01. The van der Waals surface area contributed by atoms with Gasteiger partial charge in [0, 0.05) is 13.8 Å². The molecule has 0 amide bonds. The molecule has 0 unspecified atom stereocenters. The normalized spacial score (nSPS) is 9.64. The average Bonchev–Trinajstić information content (AvgIpc) is 2.35. The Morgan fingerprint density at radius 3 is 3.09 bits per heavy atom. The molecule has 1 aromatic rings. The van der Waals surface area contributed by atoms with Crippen LogP contribution in [0.2, 0.25) is 0 Å². The van der Waals surface area contributed by atoms with E-state index >= 15 is 0 Å². The van der Waals surface area contributed by atoms with Gasteiger partial charge < -0.3 is 0 Å².